The summed E-state index contributed by atoms with van der Waals surface area (Å²) in [7, 11) is 0. The quantitative estimate of drug-likeness (QED) is 0.322. The van der Waals surface area contributed by atoms with Crippen LogP contribution in [0, 0.1) is 24.0 Å². The minimum Gasteiger partial charge on any atom is -0.434 e. The van der Waals surface area contributed by atoms with Crippen molar-refractivity contribution in [2.45, 2.75) is 23.8 Å². The maximum absolute atomic E-state index is 11.6. The second-order valence-electron chi connectivity index (χ2n) is 5.57. The van der Waals surface area contributed by atoms with Crippen molar-refractivity contribution in [2.75, 3.05) is 0 Å². The molecule has 8 heteroatoms. The molecule has 3 aromatic rings. The van der Waals surface area contributed by atoms with Crippen molar-refractivity contribution in [3.8, 4) is 11.6 Å². The molecule has 0 radical (unpaired) electrons. The normalized spacial score (nSPS) is 10.6. The van der Waals surface area contributed by atoms with Crippen molar-refractivity contribution in [2.24, 2.45) is 0 Å². The third-order valence-electron chi connectivity index (χ3n) is 3.38. The Balaban J connectivity index is 1.98. The van der Waals surface area contributed by atoms with Gasteiger partial charge in [0.05, 0.1) is 4.92 Å². The summed E-state index contributed by atoms with van der Waals surface area (Å²) in [5.74, 6) is 0.401. The molecule has 0 aliphatic rings. The van der Waals surface area contributed by atoms with E-state index in [0.717, 1.165) is 27.8 Å². The van der Waals surface area contributed by atoms with Gasteiger partial charge in [-0.3, -0.25) is 10.1 Å². The highest BCUT2D eigenvalue weighted by Gasteiger charge is 2.25. The smallest absolute Gasteiger partial charge is 0.363 e. The van der Waals surface area contributed by atoms with Crippen LogP contribution in [0.15, 0.2) is 58.7 Å². The van der Waals surface area contributed by atoms with Gasteiger partial charge in [0, 0.05) is 9.92 Å². The standard InChI is InChI=1S/C18H14ClN3O3S/c1-11-7-12(2)9-14(8-11)25-17-16(22(23)24)18(21-10-20-17)26-15-5-3-13(19)4-6-15/h3-10H,1-2H3. The maximum Gasteiger partial charge on any atom is 0.363 e. The van der Waals surface area contributed by atoms with Crippen LogP contribution >= 0.6 is 23.4 Å². The van der Waals surface area contributed by atoms with Gasteiger partial charge in [-0.25, -0.2) is 4.98 Å². The monoisotopic (exact) mass is 387 g/mol. The lowest BCUT2D eigenvalue weighted by molar-refractivity contribution is -0.389. The predicted octanol–water partition coefficient (Wildman–Crippen LogP) is 5.60. The van der Waals surface area contributed by atoms with Crippen molar-refractivity contribution in [1.82, 2.24) is 9.97 Å². The molecule has 0 atom stereocenters. The number of hydrogen-bond donors (Lipinski definition) is 0. The first-order valence-electron chi connectivity index (χ1n) is 7.61. The largest absolute Gasteiger partial charge is 0.434 e. The summed E-state index contributed by atoms with van der Waals surface area (Å²) in [5, 5.41) is 12.4. The summed E-state index contributed by atoms with van der Waals surface area (Å²) in [6.07, 6.45) is 1.25. The molecule has 0 amide bonds. The number of rotatable bonds is 5. The van der Waals surface area contributed by atoms with Crippen LogP contribution in [0.5, 0.6) is 11.6 Å². The fraction of sp³-hybridized carbons (Fsp3) is 0.111. The second-order valence-corrected chi connectivity index (χ2v) is 7.07. The van der Waals surface area contributed by atoms with Crippen LogP contribution in [0.25, 0.3) is 0 Å². The number of halogens is 1. The second kappa shape index (κ2) is 7.72. The SMILES string of the molecule is Cc1cc(C)cc(Oc2ncnc(Sc3ccc(Cl)cc3)c2[N+](=O)[O-])c1. The first kappa shape index (κ1) is 18.2. The fourth-order valence-corrected chi connectivity index (χ4v) is 3.35. The lowest BCUT2D eigenvalue weighted by Gasteiger charge is -2.09. The van der Waals surface area contributed by atoms with Crippen LogP contribution < -0.4 is 4.74 Å². The molecule has 0 N–H and O–H groups in total. The molecule has 0 saturated heterocycles. The van der Waals surface area contributed by atoms with Gasteiger partial charge in [-0.1, -0.05) is 29.4 Å². The van der Waals surface area contributed by atoms with Crippen LogP contribution in [-0.2, 0) is 0 Å². The van der Waals surface area contributed by atoms with Gasteiger partial charge in [0.1, 0.15) is 12.1 Å². The van der Waals surface area contributed by atoms with E-state index in [-0.39, 0.29) is 16.6 Å². The molecule has 26 heavy (non-hydrogen) atoms. The summed E-state index contributed by atoms with van der Waals surface area (Å²) in [4.78, 5) is 19.9. The van der Waals surface area contributed by atoms with Crippen molar-refractivity contribution < 1.29 is 9.66 Å². The average Bonchev–Trinajstić information content (AvgIpc) is 2.56. The van der Waals surface area contributed by atoms with Gasteiger partial charge in [-0.2, -0.15) is 4.98 Å². The Kier molecular flexibility index (Phi) is 5.39. The topological polar surface area (TPSA) is 78.2 Å². The molecule has 0 unspecified atom stereocenters. The van der Waals surface area contributed by atoms with E-state index in [2.05, 4.69) is 9.97 Å². The Morgan fingerprint density at radius 1 is 1.08 bits per heavy atom. The molecule has 3 rings (SSSR count). The molecular weight excluding hydrogens is 374 g/mol. The van der Waals surface area contributed by atoms with Crippen molar-refractivity contribution >= 4 is 29.1 Å². The van der Waals surface area contributed by atoms with Crippen LogP contribution in [0.4, 0.5) is 5.69 Å². The van der Waals surface area contributed by atoms with E-state index in [1.54, 1.807) is 36.4 Å². The van der Waals surface area contributed by atoms with Crippen molar-refractivity contribution in [1.29, 1.82) is 0 Å². The van der Waals surface area contributed by atoms with E-state index in [1.807, 2.05) is 19.9 Å². The molecule has 132 valence electrons. The first-order valence-corrected chi connectivity index (χ1v) is 8.81. The zero-order valence-corrected chi connectivity index (χ0v) is 15.5. The molecule has 0 fully saturated rings. The average molecular weight is 388 g/mol. The van der Waals surface area contributed by atoms with Gasteiger partial charge < -0.3 is 4.74 Å². The van der Waals surface area contributed by atoms with Crippen molar-refractivity contribution in [3.63, 3.8) is 0 Å². The van der Waals surface area contributed by atoms with Gasteiger partial charge in [0.25, 0.3) is 0 Å². The van der Waals surface area contributed by atoms with Gasteiger partial charge >= 0.3 is 11.6 Å². The molecule has 0 bridgehead atoms. The number of aryl methyl sites for hydroxylation is 2. The first-order chi connectivity index (χ1) is 12.4. The number of nitrogens with zero attached hydrogens (tertiary/aromatic N) is 3. The highest BCUT2D eigenvalue weighted by Crippen LogP contribution is 2.39. The molecule has 0 aliphatic heterocycles. The maximum atomic E-state index is 11.6. The Morgan fingerprint density at radius 2 is 1.73 bits per heavy atom. The van der Waals surface area contributed by atoms with E-state index in [0.29, 0.717) is 10.8 Å². The summed E-state index contributed by atoms with van der Waals surface area (Å²) < 4.78 is 5.70. The van der Waals surface area contributed by atoms with E-state index in [1.165, 1.54) is 6.33 Å². The molecule has 0 spiro atoms. The zero-order chi connectivity index (χ0) is 18.7. The summed E-state index contributed by atoms with van der Waals surface area (Å²) in [6, 6.07) is 12.5. The molecule has 0 saturated carbocycles. The van der Waals surface area contributed by atoms with E-state index in [4.69, 9.17) is 16.3 Å². The lowest BCUT2D eigenvalue weighted by Crippen LogP contribution is -2.00. The molecule has 0 aliphatic carbocycles. The van der Waals surface area contributed by atoms with E-state index >= 15 is 0 Å². The number of hydrogen-bond acceptors (Lipinski definition) is 6. The fourth-order valence-electron chi connectivity index (χ4n) is 2.37. The number of benzene rings is 2. The van der Waals surface area contributed by atoms with Gasteiger partial charge in [-0.05, 0) is 61.4 Å². The highest BCUT2D eigenvalue weighted by molar-refractivity contribution is 7.99. The summed E-state index contributed by atoms with van der Waals surface area (Å²) in [6.45, 7) is 3.85. The zero-order valence-electron chi connectivity index (χ0n) is 14.0. The van der Waals surface area contributed by atoms with Crippen molar-refractivity contribution in [3.05, 3.63) is 75.1 Å². The minimum absolute atomic E-state index is 0.0912. The molecule has 1 aromatic heterocycles. The van der Waals surface area contributed by atoms with E-state index < -0.39 is 4.92 Å². The van der Waals surface area contributed by atoms with E-state index in [9.17, 15) is 10.1 Å². The third-order valence-corrected chi connectivity index (χ3v) is 4.63. The lowest BCUT2D eigenvalue weighted by atomic mass is 10.1. The number of ether oxygens (including phenoxy) is 1. The van der Waals surface area contributed by atoms with Gasteiger partial charge in [0.15, 0.2) is 5.03 Å². The van der Waals surface area contributed by atoms with Crippen LogP contribution in [0.1, 0.15) is 11.1 Å². The third kappa shape index (κ3) is 4.30. The Morgan fingerprint density at radius 3 is 2.35 bits per heavy atom. The number of aromatic nitrogens is 2. The molecule has 6 nitrogen and oxygen atoms in total. The molecule has 2 aromatic carbocycles. The molecular formula is C18H14ClN3O3S. The summed E-state index contributed by atoms with van der Waals surface area (Å²) >= 11 is 7.03. The highest BCUT2D eigenvalue weighted by atomic mass is 35.5. The Hall–Kier alpha value is -2.64. The van der Waals surface area contributed by atoms with Gasteiger partial charge in [0.2, 0.25) is 0 Å². The van der Waals surface area contributed by atoms with Crippen LogP contribution in [-0.4, -0.2) is 14.9 Å². The number of nitro groups is 1. The minimum atomic E-state index is -0.532. The predicted molar refractivity (Wildman–Crippen MR) is 100 cm³/mol. The molecule has 1 heterocycles. The summed E-state index contributed by atoms with van der Waals surface area (Å²) in [5.41, 5.74) is 1.71. The Bertz CT molecular complexity index is 944. The van der Waals surface area contributed by atoms with Crippen LogP contribution in [0.3, 0.4) is 0 Å². The van der Waals surface area contributed by atoms with Crippen LogP contribution in [0.2, 0.25) is 5.02 Å². The Labute approximate surface area is 159 Å². The van der Waals surface area contributed by atoms with Gasteiger partial charge in [-0.15, -0.1) is 0 Å².